The van der Waals surface area contributed by atoms with Crippen molar-refractivity contribution >= 4 is 23.3 Å². The summed E-state index contributed by atoms with van der Waals surface area (Å²) in [5.74, 6) is 0.641. The molecule has 0 bridgehead atoms. The van der Waals surface area contributed by atoms with E-state index in [-0.39, 0.29) is 28.3 Å². The highest BCUT2D eigenvalue weighted by Gasteiger charge is 2.54. The van der Waals surface area contributed by atoms with Gasteiger partial charge in [0.1, 0.15) is 23.3 Å². The highest BCUT2D eigenvalue weighted by Crippen LogP contribution is 2.50. The van der Waals surface area contributed by atoms with E-state index in [4.69, 9.17) is 22.1 Å². The van der Waals surface area contributed by atoms with E-state index < -0.39 is 0 Å². The van der Waals surface area contributed by atoms with Gasteiger partial charge >= 0.3 is 0 Å². The molecule has 0 radical (unpaired) electrons. The summed E-state index contributed by atoms with van der Waals surface area (Å²) in [5, 5.41) is 0.259. The molecule has 1 aromatic heterocycles. The Labute approximate surface area is 146 Å². The molecule has 0 unspecified atom stereocenters. The molecule has 3 rings (SSSR count). The van der Waals surface area contributed by atoms with Crippen molar-refractivity contribution in [1.29, 1.82) is 0 Å². The summed E-state index contributed by atoms with van der Waals surface area (Å²) in [6.45, 7) is 2.35. The van der Waals surface area contributed by atoms with Crippen LogP contribution in [-0.4, -0.2) is 65.5 Å². The summed E-state index contributed by atoms with van der Waals surface area (Å²) in [5.41, 5.74) is 5.84. The van der Waals surface area contributed by atoms with Gasteiger partial charge < -0.3 is 20.3 Å². The molecule has 2 heterocycles. The van der Waals surface area contributed by atoms with Gasteiger partial charge in [0.25, 0.3) is 0 Å². The lowest BCUT2D eigenvalue weighted by molar-refractivity contribution is -0.155. The Bertz CT molecular complexity index is 650. The quantitative estimate of drug-likeness (QED) is 0.802. The third-order valence-electron chi connectivity index (χ3n) is 4.48. The van der Waals surface area contributed by atoms with Crippen LogP contribution in [0.25, 0.3) is 0 Å². The second-order valence-electron chi connectivity index (χ2n) is 6.89. The molecule has 8 heteroatoms. The second kappa shape index (κ2) is 6.57. The lowest BCUT2D eigenvalue weighted by Crippen LogP contribution is -2.65. The summed E-state index contributed by atoms with van der Waals surface area (Å²) in [4.78, 5) is 23.8. The van der Waals surface area contributed by atoms with Crippen LogP contribution < -0.4 is 10.5 Å². The molecule has 24 heavy (non-hydrogen) atoms. The number of rotatable bonds is 5. The van der Waals surface area contributed by atoms with Crippen molar-refractivity contribution in [2.24, 2.45) is 5.41 Å². The molecule has 130 valence electrons. The average molecular weight is 352 g/mol. The van der Waals surface area contributed by atoms with Gasteiger partial charge in [-0.2, -0.15) is 0 Å². The van der Waals surface area contributed by atoms with Crippen molar-refractivity contribution in [3.8, 4) is 5.88 Å². The second-order valence-corrected chi connectivity index (χ2v) is 7.26. The molecular weight excluding hydrogens is 330 g/mol. The van der Waals surface area contributed by atoms with Gasteiger partial charge in [0.05, 0.1) is 0 Å². The van der Waals surface area contributed by atoms with Gasteiger partial charge in [-0.1, -0.05) is 17.7 Å². The van der Waals surface area contributed by atoms with E-state index in [1.807, 2.05) is 30.0 Å². The molecule has 2 fully saturated rings. The zero-order chi connectivity index (χ0) is 17.3. The van der Waals surface area contributed by atoms with E-state index in [0.717, 1.165) is 32.5 Å². The number of likely N-dealkylation sites (tertiary alicyclic amines) is 1. The number of likely N-dealkylation sites (N-methyl/N-ethyl adjacent to an activating group) is 1. The van der Waals surface area contributed by atoms with Crippen LogP contribution in [0.15, 0.2) is 18.5 Å². The first-order valence-electron chi connectivity index (χ1n) is 7.91. The van der Waals surface area contributed by atoms with E-state index in [2.05, 4.69) is 9.97 Å². The minimum Gasteiger partial charge on any atom is -0.473 e. The van der Waals surface area contributed by atoms with Gasteiger partial charge in [-0.3, -0.25) is 4.79 Å². The lowest BCUT2D eigenvalue weighted by Gasteiger charge is -2.58. The number of hydrogen-bond donors (Lipinski definition) is 1. The maximum absolute atomic E-state index is 12.0. The summed E-state index contributed by atoms with van der Waals surface area (Å²) in [7, 11) is 3.94. The molecule has 0 atom stereocenters. The Morgan fingerprint density at radius 2 is 2.21 bits per heavy atom. The summed E-state index contributed by atoms with van der Waals surface area (Å²) < 4.78 is 5.79. The zero-order valence-electron chi connectivity index (χ0n) is 13.9. The number of aromatic nitrogens is 2. The van der Waals surface area contributed by atoms with Gasteiger partial charge in [0, 0.05) is 31.1 Å². The van der Waals surface area contributed by atoms with Crippen molar-refractivity contribution < 1.29 is 9.53 Å². The average Bonchev–Trinajstić information content (AvgIpc) is 2.43. The maximum Gasteiger partial charge on any atom is 0.246 e. The first-order valence-corrected chi connectivity index (χ1v) is 8.29. The van der Waals surface area contributed by atoms with Crippen LogP contribution in [0, 0.1) is 5.41 Å². The third kappa shape index (κ3) is 3.47. The molecule has 2 aliphatic rings. The van der Waals surface area contributed by atoms with Gasteiger partial charge in [-0.05, 0) is 26.9 Å². The summed E-state index contributed by atoms with van der Waals surface area (Å²) in [6.07, 6.45) is 6.76. The fourth-order valence-corrected chi connectivity index (χ4v) is 3.39. The van der Waals surface area contributed by atoms with Crippen LogP contribution in [0.3, 0.4) is 0 Å². The molecule has 1 saturated carbocycles. The minimum absolute atomic E-state index is 0.0679. The summed E-state index contributed by atoms with van der Waals surface area (Å²) >= 11 is 6.03. The Kier molecular flexibility index (Phi) is 4.64. The van der Waals surface area contributed by atoms with Crippen LogP contribution in [0.5, 0.6) is 5.88 Å². The standard InChI is InChI=1S/C16H22ClN5O2/c1-21(2)5-3-4-12(23)22-8-16(9-22)6-11(7-16)24-15-13(17)14(18)19-10-20-15/h3-4,10-11H,5-9H2,1-2H3,(H2,18,19,20). The van der Waals surface area contributed by atoms with Crippen molar-refractivity contribution in [3.05, 3.63) is 23.5 Å². The fourth-order valence-electron chi connectivity index (χ4n) is 3.24. The van der Waals surface area contributed by atoms with Gasteiger partial charge in [0.15, 0.2) is 0 Å². The lowest BCUT2D eigenvalue weighted by atomic mass is 9.61. The van der Waals surface area contributed by atoms with E-state index in [1.54, 1.807) is 6.08 Å². The number of carbonyl (C=O) groups excluding carboxylic acids is 1. The van der Waals surface area contributed by atoms with Crippen molar-refractivity contribution in [2.75, 3.05) is 39.5 Å². The minimum atomic E-state index is 0.0679. The highest BCUT2D eigenvalue weighted by molar-refractivity contribution is 6.34. The molecule has 7 nitrogen and oxygen atoms in total. The largest absolute Gasteiger partial charge is 0.473 e. The van der Waals surface area contributed by atoms with Crippen LogP contribution in [0.2, 0.25) is 5.02 Å². The topological polar surface area (TPSA) is 84.6 Å². The predicted octanol–water partition coefficient (Wildman–Crippen LogP) is 1.20. The Morgan fingerprint density at radius 1 is 1.50 bits per heavy atom. The van der Waals surface area contributed by atoms with E-state index in [9.17, 15) is 4.79 Å². The Morgan fingerprint density at radius 3 is 2.88 bits per heavy atom. The molecule has 1 aliphatic carbocycles. The van der Waals surface area contributed by atoms with E-state index in [1.165, 1.54) is 6.33 Å². The number of nitrogen functional groups attached to an aromatic ring is 1. The fraction of sp³-hybridized carbons (Fsp3) is 0.562. The van der Waals surface area contributed by atoms with Gasteiger partial charge in [-0.15, -0.1) is 0 Å². The summed E-state index contributed by atoms with van der Waals surface area (Å²) in [6, 6.07) is 0. The van der Waals surface area contributed by atoms with Crippen molar-refractivity contribution in [3.63, 3.8) is 0 Å². The van der Waals surface area contributed by atoms with Gasteiger partial charge in [-0.25, -0.2) is 9.97 Å². The van der Waals surface area contributed by atoms with Crippen molar-refractivity contribution in [2.45, 2.75) is 18.9 Å². The van der Waals surface area contributed by atoms with E-state index >= 15 is 0 Å². The van der Waals surface area contributed by atoms with Crippen LogP contribution >= 0.6 is 11.6 Å². The molecule has 1 saturated heterocycles. The Balaban J connectivity index is 1.44. The highest BCUT2D eigenvalue weighted by atomic mass is 35.5. The monoisotopic (exact) mass is 351 g/mol. The van der Waals surface area contributed by atoms with Crippen LogP contribution in [0.1, 0.15) is 12.8 Å². The number of anilines is 1. The number of nitrogens with zero attached hydrogens (tertiary/aromatic N) is 4. The first-order chi connectivity index (χ1) is 11.4. The van der Waals surface area contributed by atoms with Crippen LogP contribution in [0.4, 0.5) is 5.82 Å². The number of carbonyl (C=O) groups is 1. The molecule has 1 spiro atoms. The number of halogens is 1. The number of hydrogen-bond acceptors (Lipinski definition) is 6. The molecule has 1 amide bonds. The SMILES string of the molecule is CN(C)CC=CC(=O)N1CC2(CC(Oc3ncnc(N)c3Cl)C2)C1. The van der Waals surface area contributed by atoms with Crippen molar-refractivity contribution in [1.82, 2.24) is 19.8 Å². The first kappa shape index (κ1) is 17.0. The predicted molar refractivity (Wildman–Crippen MR) is 91.8 cm³/mol. The molecule has 1 aromatic rings. The normalized spacial score (nSPS) is 19.6. The molecule has 0 aromatic carbocycles. The zero-order valence-corrected chi connectivity index (χ0v) is 14.7. The molecular formula is C16H22ClN5O2. The smallest absolute Gasteiger partial charge is 0.246 e. The van der Waals surface area contributed by atoms with Gasteiger partial charge in [0.2, 0.25) is 11.8 Å². The van der Waals surface area contributed by atoms with E-state index in [0.29, 0.717) is 5.88 Å². The number of nitrogens with two attached hydrogens (primary N) is 1. The number of amides is 1. The molecule has 2 N–H and O–H groups in total. The van der Waals surface area contributed by atoms with Crippen LogP contribution in [-0.2, 0) is 4.79 Å². The maximum atomic E-state index is 12.0. The Hall–Kier alpha value is -1.86. The number of ether oxygens (including phenoxy) is 1. The third-order valence-corrected chi connectivity index (χ3v) is 4.83. The molecule has 1 aliphatic heterocycles.